The van der Waals surface area contributed by atoms with E-state index in [-0.39, 0.29) is 18.5 Å². The lowest BCUT2D eigenvalue weighted by Crippen LogP contribution is -2.40. The molecule has 0 saturated carbocycles. The quantitative estimate of drug-likeness (QED) is 0.735. The molecule has 0 N–H and O–H groups in total. The molecule has 0 spiro atoms. The number of para-hydroxylation sites is 1. The monoisotopic (exact) mass is 328 g/mol. The minimum atomic E-state index is 0.0428. The number of tetrazole rings is 1. The highest BCUT2D eigenvalue weighted by Gasteiger charge is 2.30. The summed E-state index contributed by atoms with van der Waals surface area (Å²) < 4.78 is 2.63. The fourth-order valence-corrected chi connectivity index (χ4v) is 4.12. The number of hydrogen-bond donors (Lipinski definition) is 0. The molecule has 4 rings (SSSR count). The third kappa shape index (κ3) is 2.81. The van der Waals surface area contributed by atoms with Crippen molar-refractivity contribution in [1.82, 2.24) is 30.1 Å². The standard InChI is InChI=1S/C15H16N6OS/c22-14(9-20-10-16-18-19-20)21-8-4-3-6-12(21)15-17-11-5-1-2-7-13(11)23-15/h1-2,5,7,10,12H,3-4,6,8-9H2. The molecule has 3 aromatic rings. The number of likely N-dealkylation sites (tertiary alicyclic amines) is 1. The summed E-state index contributed by atoms with van der Waals surface area (Å²) in [7, 11) is 0. The van der Waals surface area contributed by atoms with Crippen LogP contribution in [0, 0.1) is 0 Å². The lowest BCUT2D eigenvalue weighted by Gasteiger charge is -2.34. The van der Waals surface area contributed by atoms with Gasteiger partial charge in [0, 0.05) is 6.54 Å². The van der Waals surface area contributed by atoms with Gasteiger partial charge in [0.1, 0.15) is 17.9 Å². The van der Waals surface area contributed by atoms with Gasteiger partial charge in [0.15, 0.2) is 0 Å². The summed E-state index contributed by atoms with van der Waals surface area (Å²) in [4.78, 5) is 19.3. The summed E-state index contributed by atoms with van der Waals surface area (Å²) >= 11 is 1.68. The highest BCUT2D eigenvalue weighted by Crippen LogP contribution is 2.35. The molecule has 1 unspecified atom stereocenters. The maximum absolute atomic E-state index is 12.7. The average Bonchev–Trinajstić information content (AvgIpc) is 3.23. The molecule has 1 fully saturated rings. The van der Waals surface area contributed by atoms with Gasteiger partial charge < -0.3 is 4.90 Å². The Morgan fingerprint density at radius 3 is 3.04 bits per heavy atom. The van der Waals surface area contributed by atoms with Crippen LogP contribution in [0.5, 0.6) is 0 Å². The molecular weight excluding hydrogens is 312 g/mol. The maximum Gasteiger partial charge on any atom is 0.245 e. The molecule has 2 aromatic heterocycles. The topological polar surface area (TPSA) is 76.8 Å². The Kier molecular flexibility index (Phi) is 3.74. The number of aromatic nitrogens is 5. The summed E-state index contributed by atoms with van der Waals surface area (Å²) in [6.07, 6.45) is 4.58. The Hall–Kier alpha value is -2.35. The summed E-state index contributed by atoms with van der Waals surface area (Å²) in [5, 5.41) is 12.0. The molecule has 7 nitrogen and oxygen atoms in total. The van der Waals surface area contributed by atoms with Crippen LogP contribution in [0.2, 0.25) is 0 Å². The number of amides is 1. The Bertz CT molecular complexity index is 781. The smallest absolute Gasteiger partial charge is 0.245 e. The SMILES string of the molecule is O=C(Cn1cnnn1)N1CCCCC1c1nc2ccccc2s1. The van der Waals surface area contributed by atoms with Gasteiger partial charge in [0.25, 0.3) is 0 Å². The zero-order valence-electron chi connectivity index (χ0n) is 12.5. The van der Waals surface area contributed by atoms with Gasteiger partial charge in [-0.1, -0.05) is 12.1 Å². The first-order chi connectivity index (χ1) is 11.3. The van der Waals surface area contributed by atoms with E-state index in [0.29, 0.717) is 0 Å². The Morgan fingerprint density at radius 2 is 2.22 bits per heavy atom. The number of carbonyl (C=O) groups is 1. The lowest BCUT2D eigenvalue weighted by atomic mass is 10.0. The lowest BCUT2D eigenvalue weighted by molar-refractivity contribution is -0.136. The molecule has 1 aliphatic heterocycles. The van der Waals surface area contributed by atoms with Gasteiger partial charge in [-0.05, 0) is 41.8 Å². The second kappa shape index (κ2) is 6.04. The largest absolute Gasteiger partial charge is 0.332 e. The number of rotatable bonds is 3. The maximum atomic E-state index is 12.7. The molecule has 0 bridgehead atoms. The van der Waals surface area contributed by atoms with Crippen molar-refractivity contribution in [2.45, 2.75) is 31.8 Å². The third-order valence-electron chi connectivity index (χ3n) is 4.11. The predicted octanol–water partition coefficient (Wildman–Crippen LogP) is 2.04. The van der Waals surface area contributed by atoms with Crippen molar-refractivity contribution in [3.8, 4) is 0 Å². The van der Waals surface area contributed by atoms with Crippen LogP contribution in [0.3, 0.4) is 0 Å². The van der Waals surface area contributed by atoms with Crippen molar-refractivity contribution >= 4 is 27.5 Å². The van der Waals surface area contributed by atoms with E-state index in [1.54, 1.807) is 11.3 Å². The summed E-state index contributed by atoms with van der Waals surface area (Å²) in [5.41, 5.74) is 1.01. The zero-order valence-corrected chi connectivity index (χ0v) is 13.3. The van der Waals surface area contributed by atoms with Gasteiger partial charge in [-0.15, -0.1) is 16.4 Å². The number of piperidine rings is 1. The minimum Gasteiger partial charge on any atom is -0.332 e. The molecule has 1 saturated heterocycles. The predicted molar refractivity (Wildman–Crippen MR) is 85.7 cm³/mol. The normalized spacial score (nSPS) is 18.4. The average molecular weight is 328 g/mol. The minimum absolute atomic E-state index is 0.0428. The van der Waals surface area contributed by atoms with E-state index in [1.807, 2.05) is 23.1 Å². The molecule has 1 atom stereocenters. The van der Waals surface area contributed by atoms with Crippen molar-refractivity contribution in [2.75, 3.05) is 6.54 Å². The van der Waals surface area contributed by atoms with Crippen molar-refractivity contribution in [3.63, 3.8) is 0 Å². The molecule has 1 amide bonds. The van der Waals surface area contributed by atoms with E-state index in [2.05, 4.69) is 21.6 Å². The molecule has 1 aliphatic rings. The molecule has 3 heterocycles. The summed E-state index contributed by atoms with van der Waals surface area (Å²) in [6.45, 7) is 0.940. The van der Waals surface area contributed by atoms with Crippen molar-refractivity contribution in [3.05, 3.63) is 35.6 Å². The molecule has 1 aromatic carbocycles. The van der Waals surface area contributed by atoms with E-state index >= 15 is 0 Å². The van der Waals surface area contributed by atoms with Gasteiger partial charge in [0.05, 0.1) is 16.3 Å². The van der Waals surface area contributed by atoms with Gasteiger partial charge in [-0.3, -0.25) is 4.79 Å². The molecular formula is C15H16N6OS. The summed E-state index contributed by atoms with van der Waals surface area (Å²) in [5.74, 6) is 0.0428. The van der Waals surface area contributed by atoms with Crippen LogP contribution < -0.4 is 0 Å². The Morgan fingerprint density at radius 1 is 1.30 bits per heavy atom. The molecule has 118 valence electrons. The van der Waals surface area contributed by atoms with Crippen LogP contribution >= 0.6 is 11.3 Å². The van der Waals surface area contributed by atoms with E-state index in [0.717, 1.165) is 36.3 Å². The number of nitrogens with zero attached hydrogens (tertiary/aromatic N) is 6. The van der Waals surface area contributed by atoms with Gasteiger partial charge in [0.2, 0.25) is 5.91 Å². The fraction of sp³-hybridized carbons (Fsp3) is 0.400. The Labute approximate surface area is 136 Å². The van der Waals surface area contributed by atoms with E-state index in [9.17, 15) is 4.79 Å². The zero-order chi connectivity index (χ0) is 15.6. The first kappa shape index (κ1) is 14.3. The van der Waals surface area contributed by atoms with Crippen LogP contribution in [0.1, 0.15) is 30.3 Å². The number of fused-ring (bicyclic) bond motifs is 1. The first-order valence-electron chi connectivity index (χ1n) is 7.67. The number of hydrogen-bond acceptors (Lipinski definition) is 6. The number of benzene rings is 1. The van der Waals surface area contributed by atoms with Crippen LogP contribution in [0.25, 0.3) is 10.2 Å². The van der Waals surface area contributed by atoms with Crippen molar-refractivity contribution < 1.29 is 4.79 Å². The highest BCUT2D eigenvalue weighted by atomic mass is 32.1. The van der Waals surface area contributed by atoms with Gasteiger partial charge >= 0.3 is 0 Å². The molecule has 8 heteroatoms. The van der Waals surface area contributed by atoms with Crippen molar-refractivity contribution in [1.29, 1.82) is 0 Å². The second-order valence-electron chi connectivity index (χ2n) is 5.63. The van der Waals surface area contributed by atoms with Gasteiger partial charge in [-0.2, -0.15) is 0 Å². The molecule has 0 aliphatic carbocycles. The molecule has 0 radical (unpaired) electrons. The van der Waals surface area contributed by atoms with Crippen LogP contribution in [-0.2, 0) is 11.3 Å². The number of thiazole rings is 1. The van der Waals surface area contributed by atoms with E-state index in [1.165, 1.54) is 15.7 Å². The third-order valence-corrected chi connectivity index (χ3v) is 5.24. The highest BCUT2D eigenvalue weighted by molar-refractivity contribution is 7.18. The number of carbonyl (C=O) groups excluding carboxylic acids is 1. The second-order valence-corrected chi connectivity index (χ2v) is 6.69. The van der Waals surface area contributed by atoms with Gasteiger partial charge in [-0.25, -0.2) is 9.67 Å². The Balaban J connectivity index is 1.60. The van der Waals surface area contributed by atoms with E-state index in [4.69, 9.17) is 4.98 Å². The van der Waals surface area contributed by atoms with Crippen LogP contribution in [-0.4, -0.2) is 42.5 Å². The summed E-state index contributed by atoms with van der Waals surface area (Å²) in [6, 6.07) is 8.17. The van der Waals surface area contributed by atoms with E-state index < -0.39 is 0 Å². The van der Waals surface area contributed by atoms with Crippen LogP contribution in [0.15, 0.2) is 30.6 Å². The van der Waals surface area contributed by atoms with Crippen LogP contribution in [0.4, 0.5) is 0 Å². The van der Waals surface area contributed by atoms with Crippen molar-refractivity contribution in [2.24, 2.45) is 0 Å². The fourth-order valence-electron chi connectivity index (χ4n) is 3.00. The first-order valence-corrected chi connectivity index (χ1v) is 8.48. The molecule has 23 heavy (non-hydrogen) atoms.